The largest absolute Gasteiger partial charge is 0.399 e. The summed E-state index contributed by atoms with van der Waals surface area (Å²) in [5, 5.41) is 8.20. The van der Waals surface area contributed by atoms with E-state index in [1.165, 1.54) is 25.5 Å². The quantitative estimate of drug-likeness (QED) is 0.292. The average Bonchev–Trinajstić information content (AvgIpc) is 2.95. The predicted molar refractivity (Wildman–Crippen MR) is 148 cm³/mol. The van der Waals surface area contributed by atoms with Crippen molar-refractivity contribution in [3.63, 3.8) is 0 Å². The first kappa shape index (κ1) is 25.1. The molecule has 2 aliphatic heterocycles. The highest BCUT2D eigenvalue weighted by molar-refractivity contribution is 6.03. The Morgan fingerprint density at radius 2 is 1.95 bits per heavy atom. The summed E-state index contributed by atoms with van der Waals surface area (Å²) in [6, 6.07) is 9.69. The number of nitrogen functional groups attached to an aromatic ring is 1. The van der Waals surface area contributed by atoms with Crippen LogP contribution in [-0.2, 0) is 9.57 Å². The van der Waals surface area contributed by atoms with Gasteiger partial charge in [0, 0.05) is 72.4 Å². The van der Waals surface area contributed by atoms with Crippen LogP contribution in [0.25, 0.3) is 33.2 Å². The molecular weight excluding hydrogens is 502 g/mol. The molecule has 8 nitrogen and oxygen atoms in total. The van der Waals surface area contributed by atoms with Gasteiger partial charge in [-0.15, -0.1) is 0 Å². The molecule has 2 saturated heterocycles. The van der Waals surface area contributed by atoms with Crippen LogP contribution in [0.4, 0.5) is 20.2 Å². The number of morpholine rings is 1. The number of oxime groups is 1. The molecule has 0 aliphatic carbocycles. The normalized spacial score (nSPS) is 19.4. The molecule has 200 valence electrons. The standard InChI is InChI=1S/C29H28F2N6O2/c1-38-36-13-19-12-33-14-23(28(19)32)17-2-3-25-22(10-17)29(37-6-4-26-27(16-37)39-7-5-34-26)24(15-35-25)18-8-20(30)11-21(31)9-18/h2-3,8-15,26-27,34H,4-7,16H2,1H3,(H2,32,33)/b36-13+/t26?,27-/m1/s1. The van der Waals surface area contributed by atoms with E-state index in [9.17, 15) is 8.78 Å². The Bertz CT molecular complexity index is 1540. The lowest BCUT2D eigenvalue weighted by Crippen LogP contribution is -2.57. The number of nitrogens with zero attached hydrogens (tertiary/aromatic N) is 4. The van der Waals surface area contributed by atoms with Gasteiger partial charge in [-0.3, -0.25) is 9.97 Å². The van der Waals surface area contributed by atoms with Crippen molar-refractivity contribution in [2.45, 2.75) is 18.6 Å². The molecule has 0 spiro atoms. The van der Waals surface area contributed by atoms with Gasteiger partial charge in [-0.1, -0.05) is 11.2 Å². The highest BCUT2D eigenvalue weighted by atomic mass is 19.1. The molecule has 1 unspecified atom stereocenters. The first-order chi connectivity index (χ1) is 19.0. The molecule has 2 fully saturated rings. The fourth-order valence-corrected chi connectivity index (χ4v) is 5.51. The van der Waals surface area contributed by atoms with E-state index in [0.717, 1.165) is 53.3 Å². The van der Waals surface area contributed by atoms with Crippen LogP contribution < -0.4 is 16.0 Å². The number of ether oxygens (including phenoxy) is 1. The number of nitrogens with one attached hydrogen (secondary N) is 1. The summed E-state index contributed by atoms with van der Waals surface area (Å²) in [6.07, 6.45) is 7.41. The van der Waals surface area contributed by atoms with Gasteiger partial charge in [0.15, 0.2) is 0 Å². The van der Waals surface area contributed by atoms with Gasteiger partial charge in [0.25, 0.3) is 0 Å². The molecule has 0 saturated carbocycles. The number of rotatable bonds is 5. The van der Waals surface area contributed by atoms with Crippen LogP contribution in [0.3, 0.4) is 0 Å². The zero-order chi connectivity index (χ0) is 26.9. The first-order valence-electron chi connectivity index (χ1n) is 12.8. The minimum Gasteiger partial charge on any atom is -0.399 e. The van der Waals surface area contributed by atoms with E-state index < -0.39 is 11.6 Å². The van der Waals surface area contributed by atoms with E-state index >= 15 is 0 Å². The van der Waals surface area contributed by atoms with E-state index in [2.05, 4.69) is 25.3 Å². The second kappa shape index (κ2) is 10.5. The van der Waals surface area contributed by atoms with Gasteiger partial charge >= 0.3 is 0 Å². The third kappa shape index (κ3) is 4.88. The minimum absolute atomic E-state index is 0.00703. The van der Waals surface area contributed by atoms with Crippen LogP contribution in [-0.4, -0.2) is 61.7 Å². The second-order valence-corrected chi connectivity index (χ2v) is 9.72. The smallest absolute Gasteiger partial charge is 0.126 e. The van der Waals surface area contributed by atoms with Crippen molar-refractivity contribution in [1.29, 1.82) is 0 Å². The van der Waals surface area contributed by atoms with Crippen molar-refractivity contribution in [3.8, 4) is 22.3 Å². The molecule has 2 aliphatic rings. The maximum Gasteiger partial charge on any atom is 0.126 e. The molecule has 0 bridgehead atoms. The molecule has 4 heterocycles. The predicted octanol–water partition coefficient (Wildman–Crippen LogP) is 4.37. The van der Waals surface area contributed by atoms with E-state index in [-0.39, 0.29) is 12.1 Å². The molecule has 39 heavy (non-hydrogen) atoms. The summed E-state index contributed by atoms with van der Waals surface area (Å²) < 4.78 is 34.8. The summed E-state index contributed by atoms with van der Waals surface area (Å²) in [4.78, 5) is 16.0. The average molecular weight is 531 g/mol. The third-order valence-electron chi connectivity index (χ3n) is 7.36. The third-order valence-corrected chi connectivity index (χ3v) is 7.36. The molecule has 2 aromatic heterocycles. The van der Waals surface area contributed by atoms with Crippen LogP contribution in [0.5, 0.6) is 0 Å². The zero-order valence-electron chi connectivity index (χ0n) is 21.4. The van der Waals surface area contributed by atoms with E-state index in [0.29, 0.717) is 35.5 Å². The lowest BCUT2D eigenvalue weighted by Gasteiger charge is -2.43. The maximum atomic E-state index is 14.3. The van der Waals surface area contributed by atoms with Gasteiger partial charge in [-0.25, -0.2) is 8.78 Å². The first-order valence-corrected chi connectivity index (χ1v) is 12.8. The Balaban J connectivity index is 1.53. The van der Waals surface area contributed by atoms with Gasteiger partial charge in [0.05, 0.1) is 35.8 Å². The molecule has 4 aromatic rings. The highest BCUT2D eigenvalue weighted by Crippen LogP contribution is 2.41. The summed E-state index contributed by atoms with van der Waals surface area (Å²) in [7, 11) is 1.46. The van der Waals surface area contributed by atoms with Crippen LogP contribution in [0.2, 0.25) is 0 Å². The van der Waals surface area contributed by atoms with Crippen molar-refractivity contribution >= 4 is 28.5 Å². The number of benzene rings is 2. The molecule has 10 heteroatoms. The molecule has 0 amide bonds. The maximum absolute atomic E-state index is 14.3. The van der Waals surface area contributed by atoms with Gasteiger partial charge in [-0.2, -0.15) is 0 Å². The Labute approximate surface area is 224 Å². The van der Waals surface area contributed by atoms with E-state index in [1.807, 2.05) is 18.2 Å². The van der Waals surface area contributed by atoms with Crippen LogP contribution in [0.1, 0.15) is 12.0 Å². The Hall–Kier alpha value is -4.15. The lowest BCUT2D eigenvalue weighted by atomic mass is 9.94. The highest BCUT2D eigenvalue weighted by Gasteiger charge is 2.33. The summed E-state index contributed by atoms with van der Waals surface area (Å²) in [5.74, 6) is -1.28. The van der Waals surface area contributed by atoms with Crippen molar-refractivity contribution < 1.29 is 18.4 Å². The topological polar surface area (TPSA) is 97.9 Å². The Morgan fingerprint density at radius 1 is 1.10 bits per heavy atom. The van der Waals surface area contributed by atoms with Crippen LogP contribution >= 0.6 is 0 Å². The number of hydrogen-bond acceptors (Lipinski definition) is 8. The van der Waals surface area contributed by atoms with Gasteiger partial charge in [0.1, 0.15) is 18.7 Å². The zero-order valence-corrected chi connectivity index (χ0v) is 21.4. The van der Waals surface area contributed by atoms with Crippen molar-refractivity contribution in [1.82, 2.24) is 15.3 Å². The number of halogens is 2. The van der Waals surface area contributed by atoms with Crippen LogP contribution in [0, 0.1) is 11.6 Å². The number of pyridine rings is 2. The van der Waals surface area contributed by atoms with Crippen LogP contribution in [0.15, 0.2) is 60.1 Å². The molecule has 2 atom stereocenters. The van der Waals surface area contributed by atoms with E-state index in [1.54, 1.807) is 18.6 Å². The lowest BCUT2D eigenvalue weighted by molar-refractivity contribution is -0.00896. The number of fused-ring (bicyclic) bond motifs is 2. The monoisotopic (exact) mass is 530 g/mol. The molecule has 0 radical (unpaired) electrons. The molecule has 6 rings (SSSR count). The Morgan fingerprint density at radius 3 is 2.77 bits per heavy atom. The van der Waals surface area contributed by atoms with Crippen molar-refractivity contribution in [3.05, 3.63) is 72.2 Å². The van der Waals surface area contributed by atoms with Gasteiger partial charge in [0.2, 0.25) is 0 Å². The SMILES string of the molecule is CO/N=C/c1cncc(-c2ccc3ncc(-c4cc(F)cc(F)c4)c(N4CCC5NCCO[C@@H]5C4)c3c2)c1N. The number of nitrogens with two attached hydrogens (primary N) is 1. The van der Waals surface area contributed by atoms with Gasteiger partial charge in [-0.05, 0) is 41.8 Å². The summed E-state index contributed by atoms with van der Waals surface area (Å²) in [5.41, 5.74) is 11.8. The Kier molecular flexibility index (Phi) is 6.80. The number of anilines is 2. The van der Waals surface area contributed by atoms with Gasteiger partial charge < -0.3 is 25.5 Å². The second-order valence-electron chi connectivity index (χ2n) is 9.72. The molecular formula is C29H28F2N6O2. The minimum atomic E-state index is -0.642. The summed E-state index contributed by atoms with van der Waals surface area (Å²) >= 11 is 0. The van der Waals surface area contributed by atoms with Crippen molar-refractivity contribution in [2.75, 3.05) is 44.0 Å². The molecule has 3 N–H and O–H groups in total. The van der Waals surface area contributed by atoms with Crippen molar-refractivity contribution in [2.24, 2.45) is 5.16 Å². The molecule has 2 aromatic carbocycles. The number of piperidine rings is 1. The fraction of sp³-hybridized carbons (Fsp3) is 0.276. The summed E-state index contributed by atoms with van der Waals surface area (Å²) in [6.45, 7) is 2.87. The fourth-order valence-electron chi connectivity index (χ4n) is 5.51. The van der Waals surface area contributed by atoms with E-state index in [4.69, 9.17) is 15.3 Å². The number of hydrogen-bond donors (Lipinski definition) is 2. The number of aromatic nitrogens is 2.